The van der Waals surface area contributed by atoms with Gasteiger partial charge in [0.2, 0.25) is 0 Å². The van der Waals surface area contributed by atoms with E-state index in [1.54, 1.807) is 24.3 Å². The van der Waals surface area contributed by atoms with Crippen molar-refractivity contribution in [1.29, 1.82) is 0 Å². The van der Waals surface area contributed by atoms with Gasteiger partial charge in [-0.1, -0.05) is 11.8 Å². The van der Waals surface area contributed by atoms with E-state index in [2.05, 4.69) is 4.99 Å². The Balaban J connectivity index is 1.65. The molecule has 0 amide bonds. The number of benzene rings is 2. The van der Waals surface area contributed by atoms with Crippen LogP contribution < -0.4 is 0 Å². The van der Waals surface area contributed by atoms with E-state index >= 15 is 0 Å². The van der Waals surface area contributed by atoms with Crippen molar-refractivity contribution in [2.24, 2.45) is 4.99 Å². The average molecular weight is 369 g/mol. The number of nitro benzene ring substituents is 1. The number of rotatable bonds is 6. The molecule has 0 spiro atoms. The van der Waals surface area contributed by atoms with E-state index < -0.39 is 9.85 Å². The molecule has 130 valence electrons. The van der Waals surface area contributed by atoms with Crippen LogP contribution in [-0.2, 0) is 0 Å². The molecular weight excluding hydrogens is 358 g/mol. The molecule has 0 aliphatic carbocycles. The molecule has 3 rings (SSSR count). The summed E-state index contributed by atoms with van der Waals surface area (Å²) in [5, 5.41) is 21.2. The second-order valence-electron chi connectivity index (χ2n) is 5.04. The van der Waals surface area contributed by atoms with E-state index in [-0.39, 0.29) is 11.6 Å². The number of furan rings is 1. The van der Waals surface area contributed by atoms with Gasteiger partial charge in [0.05, 0.1) is 22.9 Å². The lowest BCUT2D eigenvalue weighted by Crippen LogP contribution is -1.86. The third-order valence-electron chi connectivity index (χ3n) is 3.25. The van der Waals surface area contributed by atoms with Crippen molar-refractivity contribution >= 4 is 35.2 Å². The van der Waals surface area contributed by atoms with Gasteiger partial charge in [-0.15, -0.1) is 0 Å². The Bertz CT molecular complexity index is 965. The molecule has 0 unspecified atom stereocenters. The number of nitrogens with zero attached hydrogens (tertiary/aromatic N) is 3. The third-order valence-corrected chi connectivity index (χ3v) is 4.27. The zero-order chi connectivity index (χ0) is 18.5. The van der Waals surface area contributed by atoms with Gasteiger partial charge in [-0.3, -0.25) is 25.2 Å². The summed E-state index contributed by atoms with van der Waals surface area (Å²) >= 11 is 1.47. The smallest absolute Gasteiger partial charge is 0.400 e. The molecule has 0 atom stereocenters. The molecule has 0 aliphatic heterocycles. The van der Waals surface area contributed by atoms with Crippen LogP contribution in [0, 0.1) is 20.2 Å². The second-order valence-corrected chi connectivity index (χ2v) is 6.19. The first kappa shape index (κ1) is 17.4. The minimum Gasteiger partial charge on any atom is -0.400 e. The highest BCUT2D eigenvalue weighted by atomic mass is 32.2. The normalized spacial score (nSPS) is 10.9. The van der Waals surface area contributed by atoms with Gasteiger partial charge in [0.25, 0.3) is 5.69 Å². The lowest BCUT2D eigenvalue weighted by molar-refractivity contribution is -0.402. The lowest BCUT2D eigenvalue weighted by atomic mass is 10.3. The van der Waals surface area contributed by atoms with E-state index in [1.807, 2.05) is 12.1 Å². The quantitative estimate of drug-likeness (QED) is 0.343. The fraction of sp³-hybridized carbons (Fsp3) is 0. The summed E-state index contributed by atoms with van der Waals surface area (Å²) in [7, 11) is 0. The molecule has 0 saturated heterocycles. The van der Waals surface area contributed by atoms with E-state index in [9.17, 15) is 20.2 Å². The highest BCUT2D eigenvalue weighted by molar-refractivity contribution is 7.99. The van der Waals surface area contributed by atoms with Crippen molar-refractivity contribution < 1.29 is 14.3 Å². The van der Waals surface area contributed by atoms with Gasteiger partial charge in [-0.05, 0) is 42.5 Å². The van der Waals surface area contributed by atoms with Crippen LogP contribution in [0.3, 0.4) is 0 Å². The Morgan fingerprint density at radius 3 is 2.00 bits per heavy atom. The fourth-order valence-electron chi connectivity index (χ4n) is 2.02. The highest BCUT2D eigenvalue weighted by Crippen LogP contribution is 2.30. The molecule has 8 nitrogen and oxygen atoms in total. The number of hydrogen-bond acceptors (Lipinski definition) is 7. The van der Waals surface area contributed by atoms with Gasteiger partial charge in [-0.2, -0.15) is 0 Å². The Hall–Kier alpha value is -3.46. The molecule has 0 N–H and O–H groups in total. The van der Waals surface area contributed by atoms with Crippen LogP contribution in [0.2, 0.25) is 0 Å². The summed E-state index contributed by atoms with van der Waals surface area (Å²) in [4.78, 5) is 26.2. The number of nitro groups is 2. The summed E-state index contributed by atoms with van der Waals surface area (Å²) in [6.45, 7) is 0. The molecular formula is C17H11N3O5S. The lowest BCUT2D eigenvalue weighted by Gasteiger charge is -2.02. The number of non-ortho nitro benzene ring substituents is 1. The summed E-state index contributed by atoms with van der Waals surface area (Å²) in [6.07, 6.45) is 1.41. The molecule has 0 radical (unpaired) electrons. The topological polar surface area (TPSA) is 112 Å². The van der Waals surface area contributed by atoms with Crippen LogP contribution in [0.25, 0.3) is 0 Å². The molecule has 0 fully saturated rings. The zero-order valence-corrected chi connectivity index (χ0v) is 14.0. The van der Waals surface area contributed by atoms with Crippen LogP contribution in [0.4, 0.5) is 17.3 Å². The molecule has 1 aromatic heterocycles. The van der Waals surface area contributed by atoms with Gasteiger partial charge in [0.15, 0.2) is 5.76 Å². The molecule has 26 heavy (non-hydrogen) atoms. The predicted molar refractivity (Wildman–Crippen MR) is 96.3 cm³/mol. The molecule has 2 aromatic carbocycles. The van der Waals surface area contributed by atoms with Crippen molar-refractivity contribution in [3.8, 4) is 0 Å². The zero-order valence-electron chi connectivity index (χ0n) is 13.1. The van der Waals surface area contributed by atoms with E-state index in [0.29, 0.717) is 11.4 Å². The Labute approximate surface area is 151 Å². The summed E-state index contributed by atoms with van der Waals surface area (Å²) < 4.78 is 5.00. The van der Waals surface area contributed by atoms with Gasteiger partial charge >= 0.3 is 5.88 Å². The van der Waals surface area contributed by atoms with Crippen molar-refractivity contribution in [3.63, 3.8) is 0 Å². The van der Waals surface area contributed by atoms with Crippen LogP contribution in [-0.4, -0.2) is 16.1 Å². The number of hydrogen-bond donors (Lipinski definition) is 0. The average Bonchev–Trinajstić information content (AvgIpc) is 3.11. The minimum absolute atomic E-state index is 0.0530. The molecule has 3 aromatic rings. The Morgan fingerprint density at radius 2 is 1.46 bits per heavy atom. The second kappa shape index (κ2) is 7.62. The first-order valence-electron chi connectivity index (χ1n) is 7.32. The van der Waals surface area contributed by atoms with Gasteiger partial charge in [0.1, 0.15) is 4.92 Å². The monoisotopic (exact) mass is 369 g/mol. The molecule has 0 saturated carbocycles. The van der Waals surface area contributed by atoms with Gasteiger partial charge in [0, 0.05) is 21.9 Å². The summed E-state index contributed by atoms with van der Waals surface area (Å²) in [6, 6.07) is 16.4. The van der Waals surface area contributed by atoms with Crippen molar-refractivity contribution in [1.82, 2.24) is 0 Å². The third kappa shape index (κ3) is 4.33. The molecule has 0 aliphatic rings. The highest BCUT2D eigenvalue weighted by Gasteiger charge is 2.10. The van der Waals surface area contributed by atoms with E-state index in [4.69, 9.17) is 4.42 Å². The molecule has 9 heteroatoms. The SMILES string of the molecule is O=[N+]([O-])c1ccc(Sc2ccc(N=Cc3ccc([N+](=O)[O-])o3)cc2)cc1. The van der Waals surface area contributed by atoms with Crippen molar-refractivity contribution in [3.05, 3.63) is 86.7 Å². The van der Waals surface area contributed by atoms with E-state index in [0.717, 1.165) is 9.79 Å². The Morgan fingerprint density at radius 1 is 0.846 bits per heavy atom. The molecule has 1 heterocycles. The predicted octanol–water partition coefficient (Wildman–Crippen LogP) is 5.00. The minimum atomic E-state index is -0.610. The number of aliphatic imine (C=N–C) groups is 1. The van der Waals surface area contributed by atoms with Crippen molar-refractivity contribution in [2.75, 3.05) is 0 Å². The van der Waals surface area contributed by atoms with Gasteiger partial charge in [-0.25, -0.2) is 0 Å². The van der Waals surface area contributed by atoms with Crippen molar-refractivity contribution in [2.45, 2.75) is 9.79 Å². The largest absolute Gasteiger partial charge is 0.433 e. The standard InChI is InChI=1S/C17H11N3O5S/c21-19(22)13-3-8-16(9-4-13)26-15-6-1-12(2-7-15)18-11-14-5-10-17(25-14)20(23)24/h1-11H. The molecule has 0 bridgehead atoms. The summed E-state index contributed by atoms with van der Waals surface area (Å²) in [5.41, 5.74) is 0.717. The van der Waals surface area contributed by atoms with Crippen LogP contribution in [0.5, 0.6) is 0 Å². The first-order valence-corrected chi connectivity index (χ1v) is 8.13. The van der Waals surface area contributed by atoms with Crippen LogP contribution in [0.15, 0.2) is 79.9 Å². The van der Waals surface area contributed by atoms with E-state index in [1.165, 1.54) is 42.2 Å². The first-order chi connectivity index (χ1) is 12.5. The van der Waals surface area contributed by atoms with Crippen LogP contribution >= 0.6 is 11.8 Å². The fourth-order valence-corrected chi connectivity index (χ4v) is 2.84. The van der Waals surface area contributed by atoms with Gasteiger partial charge < -0.3 is 4.42 Å². The maximum Gasteiger partial charge on any atom is 0.433 e. The van der Waals surface area contributed by atoms with Crippen LogP contribution in [0.1, 0.15) is 5.76 Å². The maximum absolute atomic E-state index is 10.7. The maximum atomic E-state index is 10.7. The summed E-state index contributed by atoms with van der Waals surface area (Å²) in [5.74, 6) is -0.0395. The Kier molecular flexibility index (Phi) is 5.09.